The molecule has 6 heteroatoms. The van der Waals surface area contributed by atoms with Gasteiger partial charge >= 0.3 is 0 Å². The first-order valence-electron chi connectivity index (χ1n) is 7.56. The average Bonchev–Trinajstić information content (AvgIpc) is 3.15. The Balaban J connectivity index is 1.76. The average molecular weight is 326 g/mol. The van der Waals surface area contributed by atoms with E-state index in [-0.39, 0.29) is 5.91 Å². The molecule has 0 atom stereocenters. The molecule has 2 aromatic heterocycles. The normalized spacial score (nSPS) is 10.7. The van der Waals surface area contributed by atoms with Crippen molar-refractivity contribution in [2.75, 3.05) is 5.32 Å². The Hall–Kier alpha value is -2.47. The molecule has 1 amide bonds. The van der Waals surface area contributed by atoms with Crippen LogP contribution < -0.4 is 5.32 Å². The van der Waals surface area contributed by atoms with Gasteiger partial charge in [-0.2, -0.15) is 5.10 Å². The van der Waals surface area contributed by atoms with Gasteiger partial charge in [-0.3, -0.25) is 15.2 Å². The molecule has 0 aliphatic carbocycles. The van der Waals surface area contributed by atoms with Crippen LogP contribution in [0.1, 0.15) is 35.2 Å². The van der Waals surface area contributed by atoms with Gasteiger partial charge in [-0.15, -0.1) is 0 Å². The molecule has 0 bridgehead atoms. The van der Waals surface area contributed by atoms with Crippen molar-refractivity contribution in [2.45, 2.75) is 26.7 Å². The lowest BCUT2D eigenvalue weighted by molar-refractivity contribution is 0.102. The molecule has 0 saturated heterocycles. The van der Waals surface area contributed by atoms with Crippen LogP contribution in [-0.2, 0) is 6.42 Å². The Bertz CT molecular complexity index is 807. The van der Waals surface area contributed by atoms with E-state index in [1.807, 2.05) is 37.3 Å². The lowest BCUT2D eigenvalue weighted by Gasteiger charge is -1.97. The molecule has 2 heterocycles. The van der Waals surface area contributed by atoms with Gasteiger partial charge in [-0.25, -0.2) is 4.98 Å². The second-order valence-electron chi connectivity index (χ2n) is 5.28. The number of H-pyrrole nitrogens is 1. The molecule has 5 nitrogen and oxygen atoms in total. The van der Waals surface area contributed by atoms with Gasteiger partial charge in [0, 0.05) is 5.69 Å². The number of benzene rings is 1. The van der Waals surface area contributed by atoms with Crippen molar-refractivity contribution in [1.82, 2.24) is 15.2 Å². The Morgan fingerprint density at radius 2 is 2.09 bits per heavy atom. The number of hydrogen-bond acceptors (Lipinski definition) is 4. The zero-order valence-corrected chi connectivity index (χ0v) is 13.9. The number of carbonyl (C=O) groups excluding carboxylic acids is 1. The summed E-state index contributed by atoms with van der Waals surface area (Å²) in [6.07, 6.45) is 1.89. The standard InChI is InChI=1S/C17H18N4OS/c1-3-7-13-10-14(21-20-13)16(22)19-17-18-11(2)15(23-17)12-8-5-4-6-9-12/h4-6,8-10H,3,7H2,1-2H3,(H,20,21)(H,18,19,22). The van der Waals surface area contributed by atoms with Gasteiger partial charge in [0.1, 0.15) is 0 Å². The third kappa shape index (κ3) is 3.48. The van der Waals surface area contributed by atoms with Gasteiger partial charge < -0.3 is 0 Å². The Morgan fingerprint density at radius 3 is 2.83 bits per heavy atom. The molecule has 0 fully saturated rings. The summed E-state index contributed by atoms with van der Waals surface area (Å²) in [5.41, 5.74) is 3.37. The third-order valence-corrected chi connectivity index (χ3v) is 4.56. The number of thiazole rings is 1. The van der Waals surface area contributed by atoms with Gasteiger partial charge in [0.25, 0.3) is 5.91 Å². The van der Waals surface area contributed by atoms with Crippen molar-refractivity contribution in [3.63, 3.8) is 0 Å². The fraction of sp³-hybridized carbons (Fsp3) is 0.235. The molecule has 2 N–H and O–H groups in total. The second-order valence-corrected chi connectivity index (χ2v) is 6.28. The maximum atomic E-state index is 12.3. The number of nitrogens with one attached hydrogen (secondary N) is 2. The number of hydrogen-bond donors (Lipinski definition) is 2. The quantitative estimate of drug-likeness (QED) is 0.743. The van der Waals surface area contributed by atoms with Gasteiger partial charge in [0.2, 0.25) is 0 Å². The van der Waals surface area contributed by atoms with E-state index < -0.39 is 0 Å². The maximum absolute atomic E-state index is 12.3. The first-order chi connectivity index (χ1) is 11.2. The van der Waals surface area contributed by atoms with Crippen molar-refractivity contribution in [2.24, 2.45) is 0 Å². The van der Waals surface area contributed by atoms with Gasteiger partial charge in [0.05, 0.1) is 10.6 Å². The van der Waals surface area contributed by atoms with Crippen LogP contribution in [0.15, 0.2) is 36.4 Å². The number of nitrogens with zero attached hydrogens (tertiary/aromatic N) is 2. The minimum absolute atomic E-state index is 0.239. The van der Waals surface area contributed by atoms with E-state index in [1.165, 1.54) is 11.3 Å². The topological polar surface area (TPSA) is 70.7 Å². The van der Waals surface area contributed by atoms with Crippen LogP contribution in [0.5, 0.6) is 0 Å². The molecular weight excluding hydrogens is 308 g/mol. The van der Waals surface area contributed by atoms with E-state index in [1.54, 1.807) is 6.07 Å². The van der Waals surface area contributed by atoms with Crippen molar-refractivity contribution in [1.29, 1.82) is 0 Å². The van der Waals surface area contributed by atoms with Crippen molar-refractivity contribution < 1.29 is 4.79 Å². The summed E-state index contributed by atoms with van der Waals surface area (Å²) < 4.78 is 0. The molecule has 1 aromatic carbocycles. The minimum atomic E-state index is -0.239. The fourth-order valence-electron chi connectivity index (χ4n) is 2.34. The summed E-state index contributed by atoms with van der Waals surface area (Å²) in [5.74, 6) is -0.239. The van der Waals surface area contributed by atoms with Crippen LogP contribution in [0.25, 0.3) is 10.4 Å². The number of amides is 1. The van der Waals surface area contributed by atoms with E-state index in [9.17, 15) is 4.79 Å². The molecule has 0 saturated carbocycles. The van der Waals surface area contributed by atoms with Crippen LogP contribution in [0.2, 0.25) is 0 Å². The van der Waals surface area contributed by atoms with E-state index >= 15 is 0 Å². The number of anilines is 1. The summed E-state index contributed by atoms with van der Waals surface area (Å²) in [6.45, 7) is 4.03. The molecule has 3 rings (SSSR count). The van der Waals surface area contributed by atoms with E-state index in [0.717, 1.165) is 34.7 Å². The Morgan fingerprint density at radius 1 is 1.30 bits per heavy atom. The summed E-state index contributed by atoms with van der Waals surface area (Å²) in [5, 5.41) is 10.4. The number of aromatic nitrogens is 3. The van der Waals surface area contributed by atoms with Gasteiger partial charge in [0.15, 0.2) is 10.8 Å². The zero-order chi connectivity index (χ0) is 16.2. The van der Waals surface area contributed by atoms with Crippen LogP contribution in [0.3, 0.4) is 0 Å². The highest BCUT2D eigenvalue weighted by Gasteiger charge is 2.15. The minimum Gasteiger partial charge on any atom is -0.296 e. The maximum Gasteiger partial charge on any atom is 0.277 e. The molecule has 0 aliphatic rings. The molecule has 0 unspecified atom stereocenters. The molecule has 0 aliphatic heterocycles. The van der Waals surface area contributed by atoms with E-state index in [0.29, 0.717) is 10.8 Å². The Kier molecular flexibility index (Phi) is 4.52. The van der Waals surface area contributed by atoms with Gasteiger partial charge in [-0.1, -0.05) is 55.0 Å². The number of aryl methyl sites for hydroxylation is 2. The predicted molar refractivity (Wildman–Crippen MR) is 92.8 cm³/mol. The highest BCUT2D eigenvalue weighted by molar-refractivity contribution is 7.19. The lowest BCUT2D eigenvalue weighted by atomic mass is 10.2. The Labute approximate surface area is 138 Å². The third-order valence-electron chi connectivity index (χ3n) is 3.44. The molecule has 0 radical (unpaired) electrons. The zero-order valence-electron chi connectivity index (χ0n) is 13.1. The molecular formula is C17H18N4OS. The largest absolute Gasteiger partial charge is 0.296 e. The summed E-state index contributed by atoms with van der Waals surface area (Å²) in [4.78, 5) is 17.8. The molecule has 3 aromatic rings. The SMILES string of the molecule is CCCc1cc(C(=O)Nc2nc(C)c(-c3ccccc3)s2)n[nH]1. The second kappa shape index (κ2) is 6.75. The molecule has 0 spiro atoms. The number of rotatable bonds is 5. The first kappa shape index (κ1) is 15.4. The van der Waals surface area contributed by atoms with Gasteiger partial charge in [-0.05, 0) is 25.0 Å². The van der Waals surface area contributed by atoms with Crippen LogP contribution >= 0.6 is 11.3 Å². The fourth-order valence-corrected chi connectivity index (χ4v) is 3.31. The summed E-state index contributed by atoms with van der Waals surface area (Å²) in [6, 6.07) is 11.8. The predicted octanol–water partition coefficient (Wildman–Crippen LogP) is 4.05. The van der Waals surface area contributed by atoms with E-state index in [4.69, 9.17) is 0 Å². The molecule has 23 heavy (non-hydrogen) atoms. The van der Waals surface area contributed by atoms with E-state index in [2.05, 4.69) is 27.4 Å². The monoisotopic (exact) mass is 326 g/mol. The highest BCUT2D eigenvalue weighted by atomic mass is 32.1. The van der Waals surface area contributed by atoms with Crippen LogP contribution in [0.4, 0.5) is 5.13 Å². The smallest absolute Gasteiger partial charge is 0.277 e. The van der Waals surface area contributed by atoms with Crippen molar-refractivity contribution in [3.8, 4) is 10.4 Å². The summed E-state index contributed by atoms with van der Waals surface area (Å²) in [7, 11) is 0. The summed E-state index contributed by atoms with van der Waals surface area (Å²) >= 11 is 1.47. The lowest BCUT2D eigenvalue weighted by Crippen LogP contribution is -2.12. The number of carbonyl (C=O) groups is 1. The van der Waals surface area contributed by atoms with Crippen LogP contribution in [-0.4, -0.2) is 21.1 Å². The highest BCUT2D eigenvalue weighted by Crippen LogP contribution is 2.32. The van der Waals surface area contributed by atoms with Crippen LogP contribution in [0, 0.1) is 6.92 Å². The van der Waals surface area contributed by atoms with Crippen molar-refractivity contribution >= 4 is 22.4 Å². The number of aromatic amines is 1. The van der Waals surface area contributed by atoms with Crippen molar-refractivity contribution in [3.05, 3.63) is 53.5 Å². The first-order valence-corrected chi connectivity index (χ1v) is 8.37. The molecule has 118 valence electrons.